The van der Waals surface area contributed by atoms with Crippen LogP contribution in [0.5, 0.6) is 0 Å². The van der Waals surface area contributed by atoms with Crippen LogP contribution >= 0.6 is 0 Å². The summed E-state index contributed by atoms with van der Waals surface area (Å²) in [6.45, 7) is 0. The van der Waals surface area contributed by atoms with Crippen molar-refractivity contribution in [3.8, 4) is 0 Å². The number of fused-ring (bicyclic) bond motifs is 3. The van der Waals surface area contributed by atoms with Crippen molar-refractivity contribution in [3.05, 3.63) is 52.8 Å². The number of rotatable bonds is 1. The third-order valence-corrected chi connectivity index (χ3v) is 2.64. The summed E-state index contributed by atoms with van der Waals surface area (Å²) in [6.07, 6.45) is 3.27. The molecule has 2 aromatic heterocycles. The van der Waals surface area contributed by atoms with E-state index in [9.17, 15) is 10.1 Å². The first-order valence-electron chi connectivity index (χ1n) is 6.32. The molecule has 3 aromatic rings. The van der Waals surface area contributed by atoms with Crippen LogP contribution in [0.25, 0.3) is 21.8 Å². The Bertz CT molecular complexity index is 1050. The van der Waals surface area contributed by atoms with Crippen LogP contribution in [-0.4, -0.2) is 40.5 Å². The summed E-state index contributed by atoms with van der Waals surface area (Å²) >= 11 is -3.44. The van der Waals surface area contributed by atoms with Gasteiger partial charge in [-0.3, -0.25) is 29.2 Å². The predicted octanol–water partition coefficient (Wildman–Crippen LogP) is 0.803. The average Bonchev–Trinajstić information content (AvgIpc) is 2.52. The van der Waals surface area contributed by atoms with E-state index in [1.54, 1.807) is 36.7 Å². The van der Waals surface area contributed by atoms with Crippen molar-refractivity contribution in [2.24, 2.45) is 0 Å². The van der Waals surface area contributed by atoms with Crippen LogP contribution in [0.1, 0.15) is 0 Å². The van der Waals surface area contributed by atoms with Gasteiger partial charge in [-0.1, -0.05) is 6.07 Å². The van der Waals surface area contributed by atoms with Gasteiger partial charge in [-0.15, -0.1) is 0 Å². The normalized spacial score (nSPS) is 10.3. The van der Waals surface area contributed by atoms with Gasteiger partial charge in [0.15, 0.2) is 0 Å². The van der Waals surface area contributed by atoms with Crippen molar-refractivity contribution < 1.29 is 50.0 Å². The van der Waals surface area contributed by atoms with Crippen LogP contribution in [0.4, 0.5) is 5.69 Å². The molecule has 3 rings (SSSR count). The maximum atomic E-state index is 11.0. The maximum absolute atomic E-state index is 11.0. The molecule has 0 saturated heterocycles. The van der Waals surface area contributed by atoms with E-state index in [1.165, 1.54) is 6.07 Å². The molecule has 12 nitrogen and oxygen atoms in total. The van der Waals surface area contributed by atoms with E-state index in [0.717, 1.165) is 5.39 Å². The molecule has 139 valence electrons. The molecule has 0 amide bonds. The Morgan fingerprint density at radius 1 is 1.04 bits per heavy atom. The molecule has 0 saturated carbocycles. The summed E-state index contributed by atoms with van der Waals surface area (Å²) in [6, 6.07) is 8.45. The fourth-order valence-electron chi connectivity index (χ4n) is 1.91. The Morgan fingerprint density at radius 2 is 1.50 bits per heavy atom. The zero-order valence-electron chi connectivity index (χ0n) is 12.6. The summed E-state index contributed by atoms with van der Waals surface area (Å²) in [4.78, 5) is 19.0. The SMILES string of the molecule is O=S(=O)(O)O.O=[N+]([O-])c1cc2cccnc2c2ncccc12.[O]=[V]([OH])[OH]. The molecule has 0 spiro atoms. The van der Waals surface area contributed by atoms with Gasteiger partial charge in [0.25, 0.3) is 5.69 Å². The van der Waals surface area contributed by atoms with Gasteiger partial charge in [0.05, 0.1) is 15.8 Å². The van der Waals surface area contributed by atoms with Crippen molar-refractivity contribution in [1.82, 2.24) is 9.97 Å². The first-order chi connectivity index (χ1) is 12.0. The number of non-ortho nitro benzene ring substituents is 1. The molecule has 4 N–H and O–H groups in total. The minimum atomic E-state index is -4.67. The van der Waals surface area contributed by atoms with Crippen LogP contribution in [-0.2, 0) is 29.9 Å². The molecule has 0 bridgehead atoms. The van der Waals surface area contributed by atoms with Gasteiger partial charge in [0.1, 0.15) is 5.52 Å². The predicted molar refractivity (Wildman–Crippen MR) is 83.0 cm³/mol. The quantitative estimate of drug-likeness (QED) is 0.186. The Morgan fingerprint density at radius 3 is 2.00 bits per heavy atom. The standard InChI is InChI=1S/C12H7N3O2.H2O4S.2H2O.O.V/c16-15(17)10-7-8-3-1-5-13-11(8)12-9(10)4-2-6-14-12;1-5(2,3)4;;;;/h1-7H;(H2,1,2,3,4);2*1H2;;/q;;;;;+2/p-2. The second-order valence-corrected chi connectivity index (χ2v) is 6.01. The van der Waals surface area contributed by atoms with Gasteiger partial charge in [-0.2, -0.15) is 8.42 Å². The Hall–Kier alpha value is -2.39. The number of hydrogen-bond acceptors (Lipinski definition) is 7. The molecule has 0 radical (unpaired) electrons. The number of benzene rings is 1. The Balaban J connectivity index is 0.000000317. The van der Waals surface area contributed by atoms with Gasteiger partial charge < -0.3 is 0 Å². The third-order valence-electron chi connectivity index (χ3n) is 2.64. The summed E-state index contributed by atoms with van der Waals surface area (Å²) in [7, 11) is -4.67. The third kappa shape index (κ3) is 7.24. The second kappa shape index (κ2) is 9.35. The zero-order valence-corrected chi connectivity index (χ0v) is 14.8. The van der Waals surface area contributed by atoms with Crippen molar-refractivity contribution >= 4 is 37.9 Å². The Labute approximate surface area is 151 Å². The van der Waals surface area contributed by atoms with Crippen molar-refractivity contribution in [3.63, 3.8) is 0 Å². The summed E-state index contributed by atoms with van der Waals surface area (Å²) in [5, 5.41) is 12.3. The van der Waals surface area contributed by atoms with Crippen LogP contribution in [0.3, 0.4) is 0 Å². The van der Waals surface area contributed by atoms with Gasteiger partial charge in [-0.25, -0.2) is 0 Å². The van der Waals surface area contributed by atoms with Crippen LogP contribution in [0, 0.1) is 10.1 Å². The first kappa shape index (κ1) is 21.7. The molecule has 1 aromatic carbocycles. The molecule has 14 heteroatoms. The van der Waals surface area contributed by atoms with E-state index in [1.807, 2.05) is 0 Å². The molecule has 0 fully saturated rings. The number of nitro benzene ring substituents is 1. The number of pyridine rings is 2. The Kier molecular flexibility index (Phi) is 7.79. The topological polar surface area (TPSA) is 201 Å². The fraction of sp³-hybridized carbons (Fsp3) is 0. The monoisotopic (exact) mass is 424 g/mol. The van der Waals surface area contributed by atoms with Crippen molar-refractivity contribution in [2.75, 3.05) is 0 Å². The van der Waals surface area contributed by atoms with Crippen molar-refractivity contribution in [2.45, 2.75) is 0 Å². The molecule has 0 aliphatic rings. The molecule has 26 heavy (non-hydrogen) atoms. The first-order valence-corrected chi connectivity index (χ1v) is 9.54. The number of nitrogens with zero attached hydrogens (tertiary/aromatic N) is 3. The van der Waals surface area contributed by atoms with E-state index < -0.39 is 31.1 Å². The number of hydrogen-bond donors (Lipinski definition) is 4. The molecular weight excluding hydrogens is 413 g/mol. The molecular formula is C12H11N3O9SV. The van der Waals surface area contributed by atoms with E-state index in [-0.39, 0.29) is 5.69 Å². The fourth-order valence-corrected chi connectivity index (χ4v) is 1.91. The summed E-state index contributed by atoms with van der Waals surface area (Å²) in [5.74, 6) is 0. The van der Waals surface area contributed by atoms with Gasteiger partial charge >= 0.3 is 37.9 Å². The van der Waals surface area contributed by atoms with Crippen LogP contribution in [0.15, 0.2) is 42.7 Å². The molecule has 0 aliphatic heterocycles. The van der Waals surface area contributed by atoms with Gasteiger partial charge in [-0.05, 0) is 18.2 Å². The van der Waals surface area contributed by atoms with Gasteiger partial charge in [0, 0.05) is 23.8 Å². The van der Waals surface area contributed by atoms with E-state index in [2.05, 4.69) is 9.97 Å². The molecule has 0 unspecified atom stereocenters. The average molecular weight is 424 g/mol. The second-order valence-electron chi connectivity index (χ2n) is 4.33. The van der Waals surface area contributed by atoms with E-state index >= 15 is 0 Å². The number of nitro groups is 1. The molecule has 2 heterocycles. The molecule has 0 atom stereocenters. The van der Waals surface area contributed by atoms with Crippen molar-refractivity contribution in [1.29, 1.82) is 0 Å². The van der Waals surface area contributed by atoms with Crippen LogP contribution < -0.4 is 0 Å². The minimum absolute atomic E-state index is 0.0635. The van der Waals surface area contributed by atoms with Gasteiger partial charge in [0.2, 0.25) is 0 Å². The van der Waals surface area contributed by atoms with E-state index in [0.29, 0.717) is 16.4 Å². The number of aromatic nitrogens is 2. The van der Waals surface area contributed by atoms with E-state index in [4.69, 9.17) is 29.3 Å². The van der Waals surface area contributed by atoms with Crippen LogP contribution in [0.2, 0.25) is 0 Å². The zero-order chi connectivity index (χ0) is 19.9. The molecule has 0 aliphatic carbocycles. The summed E-state index contributed by atoms with van der Waals surface area (Å²) < 4.78 is 54.8. The summed E-state index contributed by atoms with van der Waals surface area (Å²) in [5.41, 5.74) is 1.32.